The third-order valence-corrected chi connectivity index (χ3v) is 14.1. The van der Waals surface area contributed by atoms with E-state index in [1.165, 1.54) is 5.56 Å². The smallest absolute Gasteiger partial charge is 0.164 e. The van der Waals surface area contributed by atoms with Crippen LogP contribution in [0.4, 0.5) is 0 Å². The molecule has 0 atom stereocenters. The lowest BCUT2D eigenvalue weighted by Gasteiger charge is -2.21. The first-order chi connectivity index (χ1) is 37.2. The van der Waals surface area contributed by atoms with Crippen molar-refractivity contribution in [2.24, 2.45) is 0 Å². The van der Waals surface area contributed by atoms with Gasteiger partial charge in [0.2, 0.25) is 0 Å². The van der Waals surface area contributed by atoms with Gasteiger partial charge in [-0.05, 0) is 132 Å². The van der Waals surface area contributed by atoms with Crippen LogP contribution in [-0.4, -0.2) is 24.1 Å². The standard InChI is InChI=1S/C62H48N6.C8H10/c1-7-44(46-21-13-9-14-22-46)33-56-40(3)41(4)57(34-45(8-2)47-23-15-10-16-24-47)67(56)61-38-55(62-65-42(5)64-43(6)66-62)52(39-63)37-60(61)68-58-35-50(48-25-17-11-18-26-48)29-31-53(58)54-32-30-51(36-59(54)68)49-27-19-12-20-28-49;1-2-8-6-4-3-5-7-8/h7-38H,1-2H2,3-6H3;3-7H,2H2,1H3/b44-33+,45-34+;. The molecule has 0 bridgehead atoms. The first kappa shape index (κ1) is 49.9. The molecule has 0 amide bonds. The van der Waals surface area contributed by atoms with Gasteiger partial charge in [-0.25, -0.2) is 15.0 Å². The van der Waals surface area contributed by atoms with Crippen LogP contribution in [-0.2, 0) is 6.42 Å². The van der Waals surface area contributed by atoms with E-state index in [0.717, 1.165) is 107 Å². The molecule has 3 heterocycles. The fraction of sp³-hybridized carbons (Fsp3) is 0.0857. The van der Waals surface area contributed by atoms with Crippen LogP contribution in [0.15, 0.2) is 226 Å². The van der Waals surface area contributed by atoms with E-state index in [4.69, 9.17) is 9.97 Å². The summed E-state index contributed by atoms with van der Waals surface area (Å²) < 4.78 is 4.68. The van der Waals surface area contributed by atoms with E-state index in [9.17, 15) is 5.26 Å². The van der Waals surface area contributed by atoms with E-state index in [-0.39, 0.29) is 0 Å². The Morgan fingerprint density at radius 2 is 0.908 bits per heavy atom. The number of rotatable bonds is 12. The second kappa shape index (κ2) is 22.2. The van der Waals surface area contributed by atoms with Crippen molar-refractivity contribution in [1.29, 1.82) is 5.26 Å². The monoisotopic (exact) mass is 982 g/mol. The van der Waals surface area contributed by atoms with Gasteiger partial charge in [-0.3, -0.25) is 0 Å². The maximum absolute atomic E-state index is 11.2. The molecule has 3 aromatic heterocycles. The molecule has 0 saturated carbocycles. The Kier molecular flexibility index (Phi) is 14.6. The molecule has 368 valence electrons. The zero-order valence-corrected chi connectivity index (χ0v) is 43.7. The van der Waals surface area contributed by atoms with E-state index < -0.39 is 0 Å². The molecule has 6 nitrogen and oxygen atoms in total. The van der Waals surface area contributed by atoms with E-state index >= 15 is 0 Å². The lowest BCUT2D eigenvalue weighted by Crippen LogP contribution is -2.09. The molecule has 0 saturated heterocycles. The van der Waals surface area contributed by atoms with Crippen molar-refractivity contribution >= 4 is 45.1 Å². The van der Waals surface area contributed by atoms with Crippen molar-refractivity contribution < 1.29 is 0 Å². The molecule has 0 N–H and O–H groups in total. The number of nitrogens with zero attached hydrogens (tertiary/aromatic N) is 6. The molecule has 0 unspecified atom stereocenters. The van der Waals surface area contributed by atoms with Crippen molar-refractivity contribution in [3.05, 3.63) is 282 Å². The van der Waals surface area contributed by atoms with Gasteiger partial charge in [0, 0.05) is 16.3 Å². The molecule has 11 rings (SSSR count). The van der Waals surface area contributed by atoms with E-state index in [1.54, 1.807) is 0 Å². The molecule has 0 aliphatic heterocycles. The molecule has 8 aromatic carbocycles. The van der Waals surface area contributed by atoms with Gasteiger partial charge in [0.05, 0.1) is 45.4 Å². The Bertz CT molecular complexity index is 3820. The van der Waals surface area contributed by atoms with Crippen LogP contribution >= 0.6 is 0 Å². The van der Waals surface area contributed by atoms with Gasteiger partial charge >= 0.3 is 0 Å². The zero-order chi connectivity index (χ0) is 52.7. The second-order valence-electron chi connectivity index (χ2n) is 18.8. The highest BCUT2D eigenvalue weighted by atomic mass is 15.1. The van der Waals surface area contributed by atoms with E-state index in [0.29, 0.717) is 28.6 Å². The molecular weight excluding hydrogens is 925 g/mol. The van der Waals surface area contributed by atoms with Crippen LogP contribution in [0.1, 0.15) is 63.3 Å². The average molecular weight is 983 g/mol. The quantitative estimate of drug-likeness (QED) is 0.114. The highest BCUT2D eigenvalue weighted by Crippen LogP contribution is 2.42. The molecule has 0 aliphatic rings. The van der Waals surface area contributed by atoms with Gasteiger partial charge in [-0.1, -0.05) is 208 Å². The summed E-state index contributed by atoms with van der Waals surface area (Å²) in [5.74, 6) is 1.58. The molecular formula is C70H58N6. The first-order valence-electron chi connectivity index (χ1n) is 25.7. The summed E-state index contributed by atoms with van der Waals surface area (Å²) in [5.41, 5.74) is 18.6. The summed E-state index contributed by atoms with van der Waals surface area (Å²) in [6.45, 7) is 18.9. The summed E-state index contributed by atoms with van der Waals surface area (Å²) in [7, 11) is 0. The number of aryl methyl sites for hydroxylation is 3. The van der Waals surface area contributed by atoms with Crippen LogP contribution in [0.5, 0.6) is 0 Å². The van der Waals surface area contributed by atoms with E-state index in [2.05, 4.69) is 206 Å². The summed E-state index contributed by atoms with van der Waals surface area (Å²) in [6.07, 6.45) is 9.43. The number of allylic oxidation sites excluding steroid dienone is 4. The van der Waals surface area contributed by atoms with Crippen molar-refractivity contribution in [2.45, 2.75) is 41.0 Å². The predicted molar refractivity (Wildman–Crippen MR) is 318 cm³/mol. The van der Waals surface area contributed by atoms with Crippen LogP contribution < -0.4 is 0 Å². The summed E-state index contributed by atoms with van der Waals surface area (Å²) >= 11 is 0. The Morgan fingerprint density at radius 1 is 0.487 bits per heavy atom. The summed E-state index contributed by atoms with van der Waals surface area (Å²) in [4.78, 5) is 14.2. The van der Waals surface area contributed by atoms with Crippen molar-refractivity contribution in [1.82, 2.24) is 24.1 Å². The van der Waals surface area contributed by atoms with Crippen LogP contribution in [0.3, 0.4) is 0 Å². The number of hydrogen-bond acceptors (Lipinski definition) is 4. The minimum Gasteiger partial charge on any atom is -0.308 e. The van der Waals surface area contributed by atoms with Gasteiger partial charge in [0.25, 0.3) is 0 Å². The summed E-state index contributed by atoms with van der Waals surface area (Å²) in [6, 6.07) is 72.2. The second-order valence-corrected chi connectivity index (χ2v) is 18.8. The largest absolute Gasteiger partial charge is 0.308 e. The van der Waals surface area contributed by atoms with Crippen molar-refractivity contribution in [3.8, 4) is 51.1 Å². The first-order valence-corrected chi connectivity index (χ1v) is 25.7. The number of fused-ring (bicyclic) bond motifs is 3. The SMILES string of the molecule is C=C/C(=C\c1c(C)c(C)c(/C=C(\C=C)c2ccccc2)n1-c1cc(-c2nc(C)nc(C)n2)c(C#N)cc1-n1c2cc(-c3ccccc3)ccc2c2ccc(-c3ccccc3)cc21)c1ccccc1.CCc1ccccc1. The van der Waals surface area contributed by atoms with Gasteiger partial charge < -0.3 is 9.13 Å². The topological polar surface area (TPSA) is 72.3 Å². The van der Waals surface area contributed by atoms with Crippen LogP contribution in [0.25, 0.3) is 90.1 Å². The molecule has 76 heavy (non-hydrogen) atoms. The predicted octanol–water partition coefficient (Wildman–Crippen LogP) is 17.6. The lowest BCUT2D eigenvalue weighted by molar-refractivity contribution is 0.926. The van der Waals surface area contributed by atoms with Crippen molar-refractivity contribution in [2.75, 3.05) is 0 Å². The normalized spacial score (nSPS) is 11.5. The van der Waals surface area contributed by atoms with E-state index in [1.807, 2.05) is 86.7 Å². The minimum absolute atomic E-state index is 0.432. The third-order valence-electron chi connectivity index (χ3n) is 14.1. The number of hydrogen-bond donors (Lipinski definition) is 0. The molecule has 0 aliphatic carbocycles. The molecule has 0 radical (unpaired) electrons. The third kappa shape index (κ3) is 10.0. The highest BCUT2D eigenvalue weighted by Gasteiger charge is 2.26. The number of benzene rings is 8. The fourth-order valence-electron chi connectivity index (χ4n) is 10.1. The van der Waals surface area contributed by atoms with Gasteiger partial charge in [0.15, 0.2) is 5.82 Å². The number of aromatic nitrogens is 5. The van der Waals surface area contributed by atoms with Gasteiger partial charge in [-0.2, -0.15) is 5.26 Å². The molecule has 0 spiro atoms. The average Bonchev–Trinajstić information content (AvgIpc) is 4.04. The maximum atomic E-state index is 11.2. The minimum atomic E-state index is 0.432. The van der Waals surface area contributed by atoms with Crippen LogP contribution in [0.2, 0.25) is 0 Å². The maximum Gasteiger partial charge on any atom is 0.164 e. The van der Waals surface area contributed by atoms with Gasteiger partial charge in [0.1, 0.15) is 11.6 Å². The Balaban J connectivity index is 0.000000753. The van der Waals surface area contributed by atoms with Crippen LogP contribution in [0, 0.1) is 39.0 Å². The Hall–Kier alpha value is -9.70. The molecule has 6 heteroatoms. The Labute approximate surface area is 446 Å². The molecule has 11 aromatic rings. The summed E-state index contributed by atoms with van der Waals surface area (Å²) in [5, 5.41) is 13.4. The molecule has 0 fully saturated rings. The Morgan fingerprint density at radius 3 is 1.32 bits per heavy atom. The fourth-order valence-corrected chi connectivity index (χ4v) is 10.1. The lowest BCUT2D eigenvalue weighted by atomic mass is 10.0. The van der Waals surface area contributed by atoms with Crippen molar-refractivity contribution in [3.63, 3.8) is 0 Å². The highest BCUT2D eigenvalue weighted by molar-refractivity contribution is 6.11. The van der Waals surface area contributed by atoms with Gasteiger partial charge in [-0.15, -0.1) is 0 Å². The number of nitriles is 1. The zero-order valence-electron chi connectivity index (χ0n) is 43.7.